The highest BCUT2D eigenvalue weighted by Crippen LogP contribution is 2.38. The van der Waals surface area contributed by atoms with E-state index in [0.29, 0.717) is 16.5 Å². The Hall–Kier alpha value is -0.300. The monoisotopic (exact) mass is 354 g/mol. The van der Waals surface area contributed by atoms with Crippen LogP contribution in [0.15, 0.2) is 4.47 Å². The van der Waals surface area contributed by atoms with Crippen LogP contribution in [-0.4, -0.2) is 32.7 Å². The minimum atomic E-state index is -0.0486. The number of thiophene rings is 1. The molecule has 1 aromatic heterocycles. The number of amides is 1. The van der Waals surface area contributed by atoms with Crippen molar-refractivity contribution in [3.05, 3.63) is 14.2 Å². The predicted octanol–water partition coefficient (Wildman–Crippen LogP) is 2.20. The Morgan fingerprint density at radius 3 is 2.78 bits per heavy atom. The van der Waals surface area contributed by atoms with E-state index in [2.05, 4.69) is 26.6 Å². The molecular formula is C11H16BrClN2O2S. The molecular weight excluding hydrogens is 340 g/mol. The third-order valence-electron chi connectivity index (χ3n) is 2.80. The molecule has 1 saturated heterocycles. The summed E-state index contributed by atoms with van der Waals surface area (Å²) in [5, 5.41) is 6.13. The van der Waals surface area contributed by atoms with Crippen molar-refractivity contribution < 1.29 is 9.53 Å². The Morgan fingerprint density at radius 2 is 2.28 bits per heavy atom. The first-order chi connectivity index (χ1) is 8.13. The normalized spacial score (nSPS) is 14.6. The second-order valence-corrected chi connectivity index (χ2v) is 6.09. The zero-order chi connectivity index (χ0) is 12.4. The van der Waals surface area contributed by atoms with Gasteiger partial charge in [-0.25, -0.2) is 0 Å². The minimum Gasteiger partial charge on any atom is -0.494 e. The van der Waals surface area contributed by atoms with Crippen molar-refractivity contribution in [3.8, 4) is 5.75 Å². The van der Waals surface area contributed by atoms with E-state index in [1.54, 1.807) is 7.11 Å². The van der Waals surface area contributed by atoms with E-state index in [1.165, 1.54) is 11.3 Å². The summed E-state index contributed by atoms with van der Waals surface area (Å²) in [5.41, 5.74) is 0. The van der Waals surface area contributed by atoms with Crippen molar-refractivity contribution >= 4 is 45.6 Å². The minimum absolute atomic E-state index is 0. The molecule has 1 aliphatic rings. The van der Waals surface area contributed by atoms with Gasteiger partial charge in [-0.15, -0.1) is 23.7 Å². The van der Waals surface area contributed by atoms with Crippen LogP contribution in [0.5, 0.6) is 5.75 Å². The van der Waals surface area contributed by atoms with Crippen LogP contribution in [0.25, 0.3) is 0 Å². The van der Waals surface area contributed by atoms with E-state index in [9.17, 15) is 4.79 Å². The number of aryl methyl sites for hydroxylation is 1. The van der Waals surface area contributed by atoms with Gasteiger partial charge in [-0.3, -0.25) is 4.79 Å². The molecule has 2 heterocycles. The summed E-state index contributed by atoms with van der Waals surface area (Å²) in [4.78, 5) is 13.7. The fourth-order valence-electron chi connectivity index (χ4n) is 1.65. The molecule has 7 heteroatoms. The van der Waals surface area contributed by atoms with Crippen LogP contribution in [-0.2, 0) is 0 Å². The van der Waals surface area contributed by atoms with Crippen LogP contribution < -0.4 is 15.4 Å². The number of rotatable bonds is 4. The number of carbonyl (C=O) groups excluding carboxylic acids is 1. The first-order valence-electron chi connectivity index (χ1n) is 5.45. The molecule has 2 rings (SSSR count). The molecule has 1 amide bonds. The van der Waals surface area contributed by atoms with Crippen LogP contribution >= 0.6 is 39.7 Å². The van der Waals surface area contributed by atoms with Crippen molar-refractivity contribution in [2.75, 3.05) is 26.7 Å². The van der Waals surface area contributed by atoms with E-state index in [0.717, 1.165) is 29.0 Å². The molecule has 4 nitrogen and oxygen atoms in total. The Balaban J connectivity index is 0.00000162. The number of carbonyl (C=O) groups is 1. The molecule has 1 fully saturated rings. The number of nitrogens with one attached hydrogen (secondary N) is 2. The van der Waals surface area contributed by atoms with Gasteiger partial charge in [0.2, 0.25) is 0 Å². The maximum atomic E-state index is 12.0. The summed E-state index contributed by atoms with van der Waals surface area (Å²) in [5.74, 6) is 1.15. The van der Waals surface area contributed by atoms with Gasteiger partial charge in [0.1, 0.15) is 4.88 Å². The lowest BCUT2D eigenvalue weighted by Gasteiger charge is -2.26. The Bertz CT molecular complexity index is 435. The average molecular weight is 356 g/mol. The Kier molecular flexibility index (Phi) is 5.91. The van der Waals surface area contributed by atoms with Crippen molar-refractivity contribution in [2.24, 2.45) is 5.92 Å². The lowest BCUT2D eigenvalue weighted by molar-refractivity contribution is 0.0943. The second kappa shape index (κ2) is 6.75. The topological polar surface area (TPSA) is 50.4 Å². The van der Waals surface area contributed by atoms with E-state index < -0.39 is 0 Å². The highest BCUT2D eigenvalue weighted by atomic mass is 79.9. The number of hydrogen-bond donors (Lipinski definition) is 2. The zero-order valence-corrected chi connectivity index (χ0v) is 13.4. The fraction of sp³-hybridized carbons (Fsp3) is 0.545. The van der Waals surface area contributed by atoms with Crippen molar-refractivity contribution in [1.29, 1.82) is 0 Å². The lowest BCUT2D eigenvalue weighted by atomic mass is 10.0. The maximum absolute atomic E-state index is 12.0. The van der Waals surface area contributed by atoms with Crippen LogP contribution in [0.3, 0.4) is 0 Å². The zero-order valence-electron chi connectivity index (χ0n) is 10.2. The molecule has 18 heavy (non-hydrogen) atoms. The van der Waals surface area contributed by atoms with E-state index in [-0.39, 0.29) is 18.3 Å². The smallest absolute Gasteiger partial charge is 0.265 e. The van der Waals surface area contributed by atoms with Crippen molar-refractivity contribution in [1.82, 2.24) is 10.6 Å². The van der Waals surface area contributed by atoms with Crippen molar-refractivity contribution in [3.63, 3.8) is 0 Å². The van der Waals surface area contributed by atoms with Gasteiger partial charge in [0.05, 0.1) is 11.6 Å². The van der Waals surface area contributed by atoms with E-state index in [4.69, 9.17) is 4.74 Å². The summed E-state index contributed by atoms with van der Waals surface area (Å²) >= 11 is 4.88. The number of hydrogen-bond acceptors (Lipinski definition) is 4. The molecule has 0 aliphatic carbocycles. The molecule has 102 valence electrons. The summed E-state index contributed by atoms with van der Waals surface area (Å²) in [6, 6.07) is 0. The Morgan fingerprint density at radius 1 is 1.61 bits per heavy atom. The van der Waals surface area contributed by atoms with Gasteiger partial charge >= 0.3 is 0 Å². The highest BCUT2D eigenvalue weighted by Gasteiger charge is 2.22. The first kappa shape index (κ1) is 15.8. The summed E-state index contributed by atoms with van der Waals surface area (Å²) < 4.78 is 6.13. The lowest BCUT2D eigenvalue weighted by Crippen LogP contribution is -2.48. The number of methoxy groups -OCH3 is 1. The average Bonchev–Trinajstić information content (AvgIpc) is 2.53. The van der Waals surface area contributed by atoms with E-state index >= 15 is 0 Å². The van der Waals surface area contributed by atoms with Gasteiger partial charge in [0, 0.05) is 30.4 Å². The SMILES string of the molecule is COc1c(C(=O)NCC2CNC2)sc(C)c1Br.Cl. The molecule has 0 atom stereocenters. The summed E-state index contributed by atoms with van der Waals surface area (Å²) in [7, 11) is 1.58. The molecule has 0 aromatic carbocycles. The first-order valence-corrected chi connectivity index (χ1v) is 7.06. The second-order valence-electron chi connectivity index (χ2n) is 4.07. The molecule has 2 N–H and O–H groups in total. The van der Waals surface area contributed by atoms with Crippen LogP contribution in [0.1, 0.15) is 14.5 Å². The molecule has 0 radical (unpaired) electrons. The largest absolute Gasteiger partial charge is 0.494 e. The third-order valence-corrected chi connectivity index (χ3v) is 5.10. The fourth-order valence-corrected chi connectivity index (χ4v) is 3.31. The maximum Gasteiger partial charge on any atom is 0.265 e. The van der Waals surface area contributed by atoms with E-state index in [1.807, 2.05) is 6.92 Å². The standard InChI is InChI=1S/C11H15BrN2O2S.ClH/c1-6-8(12)9(16-2)10(17-6)11(15)14-5-7-3-13-4-7;/h7,13H,3-5H2,1-2H3,(H,14,15);1H. The molecule has 0 saturated carbocycles. The summed E-state index contributed by atoms with van der Waals surface area (Å²) in [6.07, 6.45) is 0. The Labute approximate surface area is 125 Å². The highest BCUT2D eigenvalue weighted by molar-refractivity contribution is 9.10. The molecule has 0 spiro atoms. The van der Waals surface area contributed by atoms with Gasteiger partial charge in [0.15, 0.2) is 5.75 Å². The molecule has 0 unspecified atom stereocenters. The van der Waals surface area contributed by atoms with Gasteiger partial charge < -0.3 is 15.4 Å². The molecule has 0 bridgehead atoms. The molecule has 1 aromatic rings. The molecule has 1 aliphatic heterocycles. The number of halogens is 2. The van der Waals surface area contributed by atoms with Gasteiger partial charge in [0.25, 0.3) is 5.91 Å². The third kappa shape index (κ3) is 3.17. The van der Waals surface area contributed by atoms with Crippen LogP contribution in [0.4, 0.5) is 0 Å². The summed E-state index contributed by atoms with van der Waals surface area (Å²) in [6.45, 7) is 4.67. The van der Waals surface area contributed by atoms with Gasteiger partial charge in [-0.1, -0.05) is 0 Å². The van der Waals surface area contributed by atoms with Crippen molar-refractivity contribution in [2.45, 2.75) is 6.92 Å². The number of ether oxygens (including phenoxy) is 1. The quantitative estimate of drug-likeness (QED) is 0.870. The van der Waals surface area contributed by atoms with Crippen LogP contribution in [0, 0.1) is 12.8 Å². The van der Waals surface area contributed by atoms with Gasteiger partial charge in [-0.05, 0) is 22.9 Å². The predicted molar refractivity (Wildman–Crippen MR) is 79.2 cm³/mol. The van der Waals surface area contributed by atoms with Gasteiger partial charge in [-0.2, -0.15) is 0 Å². The van der Waals surface area contributed by atoms with Crippen LogP contribution in [0.2, 0.25) is 0 Å².